The number of carboxylic acids is 1. The number of carboxylic acid groups (broad SMARTS) is 1. The van der Waals surface area contributed by atoms with E-state index < -0.39 is 5.97 Å². The smallest absolute Gasteiger partial charge is 0.303 e. The van der Waals surface area contributed by atoms with Gasteiger partial charge in [0, 0.05) is 23.7 Å². The van der Waals surface area contributed by atoms with Crippen molar-refractivity contribution in [3.8, 4) is 0 Å². The highest BCUT2D eigenvalue weighted by molar-refractivity contribution is 5.97. The Labute approximate surface area is 116 Å². The first kappa shape index (κ1) is 14.0. The van der Waals surface area contributed by atoms with Crippen LogP contribution in [0.4, 0.5) is 5.69 Å². The van der Waals surface area contributed by atoms with E-state index in [4.69, 9.17) is 5.11 Å². The molecule has 1 aliphatic carbocycles. The van der Waals surface area contributed by atoms with Crippen molar-refractivity contribution < 1.29 is 19.5 Å². The van der Waals surface area contributed by atoms with E-state index in [0.29, 0.717) is 11.3 Å². The Morgan fingerprint density at radius 1 is 1.20 bits per heavy atom. The molecule has 1 saturated carbocycles. The predicted octanol–water partition coefficient (Wildman–Crippen LogP) is 1.38. The molecule has 0 atom stereocenters. The van der Waals surface area contributed by atoms with Gasteiger partial charge >= 0.3 is 5.97 Å². The lowest BCUT2D eigenvalue weighted by atomic mass is 10.2. The number of benzene rings is 1. The fourth-order valence-electron chi connectivity index (χ4n) is 1.68. The fraction of sp³-hybridized carbons (Fsp3) is 0.357. The Balaban J connectivity index is 1.92. The number of rotatable bonds is 6. The molecule has 1 aromatic rings. The first-order chi connectivity index (χ1) is 9.54. The van der Waals surface area contributed by atoms with Crippen LogP contribution in [0.3, 0.4) is 0 Å². The molecule has 0 aliphatic heterocycles. The monoisotopic (exact) mass is 276 g/mol. The molecule has 0 spiro atoms. The van der Waals surface area contributed by atoms with Crippen LogP contribution in [-0.2, 0) is 9.59 Å². The summed E-state index contributed by atoms with van der Waals surface area (Å²) in [7, 11) is 0. The van der Waals surface area contributed by atoms with Crippen molar-refractivity contribution in [2.75, 3.05) is 5.32 Å². The first-order valence-corrected chi connectivity index (χ1v) is 6.47. The van der Waals surface area contributed by atoms with E-state index >= 15 is 0 Å². The third kappa shape index (κ3) is 4.38. The molecule has 1 aliphatic rings. The lowest BCUT2D eigenvalue weighted by molar-refractivity contribution is -0.138. The molecule has 2 amide bonds. The van der Waals surface area contributed by atoms with E-state index in [9.17, 15) is 14.4 Å². The fourth-order valence-corrected chi connectivity index (χ4v) is 1.68. The standard InChI is InChI=1S/C14H16N2O4/c17-12(6-7-13(18)19)15-11-3-1-2-9(8-11)14(20)16-10-4-5-10/h1-3,8,10H,4-7H2,(H,15,17)(H,16,20)(H,18,19). The Hall–Kier alpha value is -2.37. The highest BCUT2D eigenvalue weighted by atomic mass is 16.4. The molecular formula is C14H16N2O4. The van der Waals surface area contributed by atoms with E-state index in [2.05, 4.69) is 10.6 Å². The number of amides is 2. The zero-order valence-corrected chi connectivity index (χ0v) is 10.9. The van der Waals surface area contributed by atoms with Gasteiger partial charge in [-0.05, 0) is 31.0 Å². The Kier molecular flexibility index (Phi) is 4.34. The third-order valence-corrected chi connectivity index (χ3v) is 2.89. The van der Waals surface area contributed by atoms with E-state index in [0.717, 1.165) is 12.8 Å². The van der Waals surface area contributed by atoms with Gasteiger partial charge in [-0.1, -0.05) is 6.07 Å². The number of carbonyl (C=O) groups excluding carboxylic acids is 2. The maximum Gasteiger partial charge on any atom is 0.303 e. The van der Waals surface area contributed by atoms with Gasteiger partial charge in [-0.3, -0.25) is 14.4 Å². The molecule has 106 valence electrons. The van der Waals surface area contributed by atoms with E-state index in [1.165, 1.54) is 0 Å². The summed E-state index contributed by atoms with van der Waals surface area (Å²) in [5.74, 6) is -1.56. The number of carbonyl (C=O) groups is 3. The highest BCUT2D eigenvalue weighted by Gasteiger charge is 2.23. The van der Waals surface area contributed by atoms with Crippen molar-refractivity contribution in [2.24, 2.45) is 0 Å². The third-order valence-electron chi connectivity index (χ3n) is 2.89. The number of aliphatic carboxylic acids is 1. The lowest BCUT2D eigenvalue weighted by Crippen LogP contribution is -2.25. The van der Waals surface area contributed by atoms with E-state index in [1.807, 2.05) is 0 Å². The maximum atomic E-state index is 11.8. The largest absolute Gasteiger partial charge is 0.481 e. The van der Waals surface area contributed by atoms with Crippen molar-refractivity contribution in [3.63, 3.8) is 0 Å². The first-order valence-electron chi connectivity index (χ1n) is 6.47. The SMILES string of the molecule is O=C(O)CCC(=O)Nc1cccc(C(=O)NC2CC2)c1. The average molecular weight is 276 g/mol. The van der Waals surface area contributed by atoms with Crippen molar-refractivity contribution in [1.29, 1.82) is 0 Å². The molecule has 3 N–H and O–H groups in total. The predicted molar refractivity (Wildman–Crippen MR) is 72.4 cm³/mol. The van der Waals surface area contributed by atoms with Crippen LogP contribution in [0.5, 0.6) is 0 Å². The Morgan fingerprint density at radius 3 is 2.60 bits per heavy atom. The van der Waals surface area contributed by atoms with Crippen LogP contribution in [-0.4, -0.2) is 28.9 Å². The van der Waals surface area contributed by atoms with Gasteiger partial charge in [0.25, 0.3) is 5.91 Å². The molecule has 6 nitrogen and oxygen atoms in total. The summed E-state index contributed by atoms with van der Waals surface area (Å²) in [5.41, 5.74) is 0.969. The van der Waals surface area contributed by atoms with Gasteiger partial charge in [0.1, 0.15) is 0 Å². The lowest BCUT2D eigenvalue weighted by Gasteiger charge is -2.07. The molecule has 0 saturated heterocycles. The summed E-state index contributed by atoms with van der Waals surface area (Å²) in [5, 5.41) is 13.9. The van der Waals surface area contributed by atoms with Crippen LogP contribution in [0.15, 0.2) is 24.3 Å². The maximum absolute atomic E-state index is 11.8. The van der Waals surface area contributed by atoms with Gasteiger partial charge < -0.3 is 15.7 Å². The van der Waals surface area contributed by atoms with Crippen LogP contribution in [0.2, 0.25) is 0 Å². The van der Waals surface area contributed by atoms with E-state index in [1.54, 1.807) is 24.3 Å². The van der Waals surface area contributed by atoms with Crippen LogP contribution in [0, 0.1) is 0 Å². The molecule has 2 rings (SSSR count). The number of anilines is 1. The Morgan fingerprint density at radius 2 is 1.95 bits per heavy atom. The number of hydrogen-bond donors (Lipinski definition) is 3. The topological polar surface area (TPSA) is 95.5 Å². The van der Waals surface area contributed by atoms with Gasteiger partial charge in [0.15, 0.2) is 0 Å². The zero-order chi connectivity index (χ0) is 14.5. The number of hydrogen-bond acceptors (Lipinski definition) is 3. The van der Waals surface area contributed by atoms with E-state index in [-0.39, 0.29) is 30.7 Å². The second-order valence-corrected chi connectivity index (χ2v) is 4.77. The van der Waals surface area contributed by atoms with Crippen LogP contribution >= 0.6 is 0 Å². The normalized spacial score (nSPS) is 13.6. The van der Waals surface area contributed by atoms with Gasteiger partial charge in [-0.15, -0.1) is 0 Å². The average Bonchev–Trinajstić information content (AvgIpc) is 3.20. The minimum absolute atomic E-state index is 0.0895. The minimum Gasteiger partial charge on any atom is -0.481 e. The summed E-state index contributed by atoms with van der Waals surface area (Å²) in [6.07, 6.45) is 1.72. The van der Waals surface area contributed by atoms with Crippen molar-refractivity contribution in [3.05, 3.63) is 29.8 Å². The molecule has 6 heteroatoms. The molecule has 0 bridgehead atoms. The van der Waals surface area contributed by atoms with Crippen molar-refractivity contribution in [2.45, 2.75) is 31.7 Å². The second kappa shape index (κ2) is 6.18. The molecular weight excluding hydrogens is 260 g/mol. The number of nitrogens with one attached hydrogen (secondary N) is 2. The quantitative estimate of drug-likeness (QED) is 0.731. The van der Waals surface area contributed by atoms with Crippen molar-refractivity contribution >= 4 is 23.5 Å². The summed E-state index contributed by atoms with van der Waals surface area (Å²) in [6.45, 7) is 0. The van der Waals surface area contributed by atoms with Crippen molar-refractivity contribution in [1.82, 2.24) is 5.32 Å². The summed E-state index contributed by atoms with van der Waals surface area (Å²) >= 11 is 0. The molecule has 20 heavy (non-hydrogen) atoms. The highest BCUT2D eigenvalue weighted by Crippen LogP contribution is 2.20. The van der Waals surface area contributed by atoms with Gasteiger partial charge in [-0.2, -0.15) is 0 Å². The van der Waals surface area contributed by atoms with Crippen LogP contribution < -0.4 is 10.6 Å². The van der Waals surface area contributed by atoms with Gasteiger partial charge in [0.2, 0.25) is 5.91 Å². The molecule has 0 heterocycles. The summed E-state index contributed by atoms with van der Waals surface area (Å²) in [4.78, 5) is 33.7. The Bertz CT molecular complexity index is 538. The van der Waals surface area contributed by atoms with Crippen LogP contribution in [0.1, 0.15) is 36.0 Å². The molecule has 0 unspecified atom stereocenters. The molecule has 1 aromatic carbocycles. The second-order valence-electron chi connectivity index (χ2n) is 4.77. The molecule has 1 fully saturated rings. The molecule has 0 aromatic heterocycles. The molecule has 0 radical (unpaired) electrons. The summed E-state index contributed by atoms with van der Waals surface area (Å²) < 4.78 is 0. The summed E-state index contributed by atoms with van der Waals surface area (Å²) in [6, 6.07) is 6.86. The minimum atomic E-state index is -1.02. The van der Waals surface area contributed by atoms with Crippen LogP contribution in [0.25, 0.3) is 0 Å². The van der Waals surface area contributed by atoms with Gasteiger partial charge in [0.05, 0.1) is 6.42 Å². The van der Waals surface area contributed by atoms with Gasteiger partial charge in [-0.25, -0.2) is 0 Å². The zero-order valence-electron chi connectivity index (χ0n) is 10.9.